The van der Waals surface area contributed by atoms with Crippen LogP contribution in [-0.4, -0.2) is 4.98 Å². The van der Waals surface area contributed by atoms with E-state index in [-0.39, 0.29) is 12.2 Å². The predicted molar refractivity (Wildman–Crippen MR) is 46.8 cm³/mol. The third kappa shape index (κ3) is 1.95. The molecule has 0 unspecified atom stereocenters. The van der Waals surface area contributed by atoms with E-state index in [4.69, 9.17) is 17.3 Å². The molecule has 72 valence electrons. The summed E-state index contributed by atoms with van der Waals surface area (Å²) in [6.45, 7) is 1.69. The van der Waals surface area contributed by atoms with E-state index >= 15 is 0 Å². The molecule has 0 spiro atoms. The van der Waals surface area contributed by atoms with Crippen molar-refractivity contribution < 1.29 is 8.78 Å². The van der Waals surface area contributed by atoms with Gasteiger partial charge in [-0.05, 0) is 18.1 Å². The van der Waals surface area contributed by atoms with Crippen molar-refractivity contribution in [2.24, 2.45) is 5.73 Å². The van der Waals surface area contributed by atoms with E-state index in [9.17, 15) is 8.78 Å². The number of halogens is 3. The Balaban J connectivity index is 3.27. The molecule has 0 saturated carbocycles. The zero-order valence-electron chi connectivity index (χ0n) is 7.02. The molecular weight excluding hydrogens is 198 g/mol. The number of hydrogen-bond acceptors (Lipinski definition) is 2. The van der Waals surface area contributed by atoms with E-state index in [0.717, 1.165) is 0 Å². The van der Waals surface area contributed by atoms with Crippen LogP contribution >= 0.6 is 11.6 Å². The molecule has 0 bridgehead atoms. The van der Waals surface area contributed by atoms with E-state index in [1.54, 1.807) is 6.92 Å². The Bertz CT molecular complexity index is 315. The molecule has 0 aromatic carbocycles. The summed E-state index contributed by atoms with van der Waals surface area (Å²) >= 11 is 5.72. The number of hydrogen-bond donors (Lipinski definition) is 1. The van der Waals surface area contributed by atoms with Crippen molar-refractivity contribution in [3.05, 3.63) is 28.0 Å². The number of nitrogens with zero attached hydrogens (tertiary/aromatic N) is 1. The van der Waals surface area contributed by atoms with E-state index in [1.165, 1.54) is 6.20 Å². The topological polar surface area (TPSA) is 38.9 Å². The van der Waals surface area contributed by atoms with Crippen LogP contribution in [0.3, 0.4) is 0 Å². The Labute approximate surface area is 79.7 Å². The van der Waals surface area contributed by atoms with Gasteiger partial charge in [-0.1, -0.05) is 11.6 Å². The molecule has 0 amide bonds. The highest BCUT2D eigenvalue weighted by Gasteiger charge is 2.16. The first-order chi connectivity index (χ1) is 6.07. The molecule has 0 atom stereocenters. The minimum absolute atomic E-state index is 0.146. The second-order valence-corrected chi connectivity index (χ2v) is 3.01. The summed E-state index contributed by atoms with van der Waals surface area (Å²) in [4.78, 5) is 3.55. The normalized spacial score (nSPS) is 10.9. The smallest absolute Gasteiger partial charge is 0.280 e. The largest absolute Gasteiger partial charge is 0.326 e. The Hall–Kier alpha value is -0.740. The van der Waals surface area contributed by atoms with Gasteiger partial charge in [-0.25, -0.2) is 8.78 Å². The first kappa shape index (κ1) is 10.3. The maximum absolute atomic E-state index is 12.3. The lowest BCUT2D eigenvalue weighted by molar-refractivity contribution is 0.145. The fraction of sp³-hybridized carbons (Fsp3) is 0.375. The maximum Gasteiger partial charge on any atom is 0.280 e. The molecule has 0 aliphatic heterocycles. The van der Waals surface area contributed by atoms with Gasteiger partial charge in [-0.3, -0.25) is 4.98 Å². The summed E-state index contributed by atoms with van der Waals surface area (Å²) in [6.07, 6.45) is -1.37. The average Bonchev–Trinajstić information content (AvgIpc) is 2.04. The minimum Gasteiger partial charge on any atom is -0.326 e. The summed E-state index contributed by atoms with van der Waals surface area (Å²) in [7, 11) is 0. The molecule has 0 saturated heterocycles. The predicted octanol–water partition coefficient (Wildman–Crippen LogP) is 2.44. The van der Waals surface area contributed by atoms with Crippen LogP contribution in [0.1, 0.15) is 23.2 Å². The lowest BCUT2D eigenvalue weighted by Crippen LogP contribution is -2.05. The van der Waals surface area contributed by atoms with E-state index in [1.807, 2.05) is 0 Å². The minimum atomic E-state index is -2.58. The zero-order chi connectivity index (χ0) is 10.0. The molecular formula is C8H9ClF2N2. The summed E-state index contributed by atoms with van der Waals surface area (Å²) in [5.74, 6) is 0. The molecule has 2 nitrogen and oxygen atoms in total. The van der Waals surface area contributed by atoms with Crippen molar-refractivity contribution in [1.82, 2.24) is 4.98 Å². The van der Waals surface area contributed by atoms with Crippen molar-refractivity contribution in [3.63, 3.8) is 0 Å². The van der Waals surface area contributed by atoms with Crippen molar-refractivity contribution in [2.75, 3.05) is 0 Å². The van der Waals surface area contributed by atoms with Crippen LogP contribution in [0.4, 0.5) is 8.78 Å². The van der Waals surface area contributed by atoms with Crippen LogP contribution in [0.25, 0.3) is 0 Å². The van der Waals surface area contributed by atoms with E-state index in [0.29, 0.717) is 16.1 Å². The third-order valence-corrected chi connectivity index (χ3v) is 2.18. The number of nitrogens with two attached hydrogens (primary N) is 1. The van der Waals surface area contributed by atoms with Gasteiger partial charge in [0.25, 0.3) is 6.43 Å². The highest BCUT2D eigenvalue weighted by Crippen LogP contribution is 2.26. The lowest BCUT2D eigenvalue weighted by Gasteiger charge is -2.09. The van der Waals surface area contributed by atoms with Crippen molar-refractivity contribution in [2.45, 2.75) is 19.9 Å². The van der Waals surface area contributed by atoms with Crippen LogP contribution in [0.2, 0.25) is 5.02 Å². The Morgan fingerprint density at radius 1 is 1.62 bits per heavy atom. The second-order valence-electron chi connectivity index (χ2n) is 2.60. The molecule has 0 aliphatic carbocycles. The van der Waals surface area contributed by atoms with Crippen molar-refractivity contribution in [1.29, 1.82) is 0 Å². The highest BCUT2D eigenvalue weighted by molar-refractivity contribution is 6.31. The van der Waals surface area contributed by atoms with Gasteiger partial charge >= 0.3 is 0 Å². The standard InChI is InChI=1S/C8H9ClF2N2/c1-4-5(2-12)6(9)3-13-7(4)8(10)11/h3,8H,2,12H2,1H3. The molecule has 0 fully saturated rings. The van der Waals surface area contributed by atoms with Crippen molar-refractivity contribution >= 4 is 11.6 Å². The molecule has 0 aliphatic rings. The van der Waals surface area contributed by atoms with Gasteiger partial charge in [0.1, 0.15) is 5.69 Å². The fourth-order valence-corrected chi connectivity index (χ4v) is 1.37. The van der Waals surface area contributed by atoms with Gasteiger partial charge in [0, 0.05) is 12.7 Å². The molecule has 1 rings (SSSR count). The monoisotopic (exact) mass is 206 g/mol. The van der Waals surface area contributed by atoms with Crippen LogP contribution in [0, 0.1) is 6.92 Å². The quantitative estimate of drug-likeness (QED) is 0.807. The first-order valence-electron chi connectivity index (χ1n) is 3.70. The summed E-state index contributed by atoms with van der Waals surface area (Å²) < 4.78 is 24.7. The molecule has 1 aromatic heterocycles. The van der Waals surface area contributed by atoms with Gasteiger partial charge in [-0.2, -0.15) is 0 Å². The van der Waals surface area contributed by atoms with Gasteiger partial charge in [0.2, 0.25) is 0 Å². The van der Waals surface area contributed by atoms with E-state index < -0.39 is 6.43 Å². The third-order valence-electron chi connectivity index (χ3n) is 1.85. The highest BCUT2D eigenvalue weighted by atomic mass is 35.5. The first-order valence-corrected chi connectivity index (χ1v) is 4.07. The zero-order valence-corrected chi connectivity index (χ0v) is 7.78. The average molecular weight is 207 g/mol. The van der Waals surface area contributed by atoms with Crippen LogP contribution < -0.4 is 5.73 Å². The fourth-order valence-electron chi connectivity index (χ4n) is 1.11. The number of rotatable bonds is 2. The van der Waals surface area contributed by atoms with Crippen molar-refractivity contribution in [3.8, 4) is 0 Å². The summed E-state index contributed by atoms with van der Waals surface area (Å²) in [6, 6.07) is 0. The Morgan fingerprint density at radius 3 is 2.69 bits per heavy atom. The van der Waals surface area contributed by atoms with E-state index in [2.05, 4.69) is 4.98 Å². The second kappa shape index (κ2) is 3.98. The van der Waals surface area contributed by atoms with Crippen LogP contribution in [0.15, 0.2) is 6.20 Å². The van der Waals surface area contributed by atoms with Crippen LogP contribution in [0.5, 0.6) is 0 Å². The van der Waals surface area contributed by atoms with Gasteiger partial charge in [-0.15, -0.1) is 0 Å². The molecule has 1 aromatic rings. The summed E-state index contributed by atoms with van der Waals surface area (Å²) in [5.41, 5.74) is 6.03. The van der Waals surface area contributed by atoms with Gasteiger partial charge in [0.05, 0.1) is 5.02 Å². The molecule has 1 heterocycles. The van der Waals surface area contributed by atoms with Crippen LogP contribution in [-0.2, 0) is 6.54 Å². The molecule has 2 N–H and O–H groups in total. The number of pyridine rings is 1. The number of alkyl halides is 2. The molecule has 0 radical (unpaired) electrons. The number of aromatic nitrogens is 1. The van der Waals surface area contributed by atoms with Gasteiger partial charge < -0.3 is 5.73 Å². The van der Waals surface area contributed by atoms with Gasteiger partial charge in [0.15, 0.2) is 0 Å². The Morgan fingerprint density at radius 2 is 2.23 bits per heavy atom. The Kier molecular flexibility index (Phi) is 3.17. The molecule has 5 heteroatoms. The lowest BCUT2D eigenvalue weighted by atomic mass is 10.1. The maximum atomic E-state index is 12.3. The SMILES string of the molecule is Cc1c(C(F)F)ncc(Cl)c1CN. The summed E-state index contributed by atoms with van der Waals surface area (Å²) in [5, 5.41) is 0.337. The molecule has 13 heavy (non-hydrogen) atoms.